The van der Waals surface area contributed by atoms with Crippen LogP contribution in [-0.2, 0) is 9.53 Å². The van der Waals surface area contributed by atoms with Gasteiger partial charge in [0.15, 0.2) is 0 Å². The largest absolute Gasteiger partial charge is 0.466 e. The highest BCUT2D eigenvalue weighted by molar-refractivity contribution is 5.94. The summed E-state index contributed by atoms with van der Waals surface area (Å²) in [7, 11) is 0. The van der Waals surface area contributed by atoms with Crippen molar-refractivity contribution >= 4 is 11.9 Å². The van der Waals surface area contributed by atoms with E-state index >= 15 is 0 Å². The molecule has 1 saturated heterocycles. The molecule has 2 heterocycles. The molecular weight excluding hydrogens is 260 g/mol. The van der Waals surface area contributed by atoms with Gasteiger partial charge in [0.25, 0.3) is 11.5 Å². The number of likely N-dealkylation sites (tertiary alicyclic amines) is 1. The molecular formula is C14H18N2O4. The van der Waals surface area contributed by atoms with E-state index in [4.69, 9.17) is 4.74 Å². The number of ether oxygens (including phenoxy) is 1. The van der Waals surface area contributed by atoms with Crippen LogP contribution in [0.1, 0.15) is 30.1 Å². The molecule has 0 atom stereocenters. The molecule has 1 amide bonds. The minimum atomic E-state index is -0.384. The molecule has 1 aliphatic rings. The molecule has 1 aromatic rings. The van der Waals surface area contributed by atoms with Gasteiger partial charge in [0, 0.05) is 19.3 Å². The number of rotatable bonds is 3. The number of nitrogens with zero attached hydrogens (tertiary/aromatic N) is 1. The normalized spacial score (nSPS) is 15.9. The quantitative estimate of drug-likeness (QED) is 0.829. The first-order valence-corrected chi connectivity index (χ1v) is 6.77. The maximum Gasteiger partial charge on any atom is 0.309 e. The molecule has 108 valence electrons. The summed E-state index contributed by atoms with van der Waals surface area (Å²) in [6.45, 7) is 3.09. The number of aromatic amines is 1. The summed E-state index contributed by atoms with van der Waals surface area (Å²) < 4.78 is 4.98. The summed E-state index contributed by atoms with van der Waals surface area (Å²) in [4.78, 5) is 39.5. The minimum absolute atomic E-state index is 0.141. The molecule has 0 aliphatic carbocycles. The number of pyridine rings is 1. The maximum atomic E-state index is 12.2. The summed E-state index contributed by atoms with van der Waals surface area (Å²) >= 11 is 0. The molecule has 20 heavy (non-hydrogen) atoms. The monoisotopic (exact) mass is 278 g/mol. The number of carbonyl (C=O) groups excluding carboxylic acids is 2. The lowest BCUT2D eigenvalue weighted by Crippen LogP contribution is -2.42. The number of nitrogens with one attached hydrogen (secondary N) is 1. The Kier molecular flexibility index (Phi) is 4.55. The van der Waals surface area contributed by atoms with Crippen molar-refractivity contribution in [2.45, 2.75) is 19.8 Å². The average molecular weight is 278 g/mol. The highest BCUT2D eigenvalue weighted by Gasteiger charge is 2.29. The maximum absolute atomic E-state index is 12.2. The molecule has 1 aliphatic heterocycles. The van der Waals surface area contributed by atoms with Crippen LogP contribution in [-0.4, -0.2) is 41.5 Å². The zero-order valence-corrected chi connectivity index (χ0v) is 11.4. The Labute approximate surface area is 116 Å². The Morgan fingerprint density at radius 2 is 2.10 bits per heavy atom. The SMILES string of the molecule is CCOC(=O)C1CCN(C(=O)c2ccc[nH]c2=O)CC1. The van der Waals surface area contributed by atoms with E-state index in [-0.39, 0.29) is 28.9 Å². The zero-order valence-electron chi connectivity index (χ0n) is 11.4. The molecule has 0 aromatic carbocycles. The second kappa shape index (κ2) is 6.36. The smallest absolute Gasteiger partial charge is 0.309 e. The Hall–Kier alpha value is -2.11. The summed E-state index contributed by atoms with van der Waals surface area (Å²) in [5.41, 5.74) is -0.243. The van der Waals surface area contributed by atoms with E-state index in [9.17, 15) is 14.4 Å². The van der Waals surface area contributed by atoms with Gasteiger partial charge in [-0.25, -0.2) is 0 Å². The lowest BCUT2D eigenvalue weighted by Gasteiger charge is -2.30. The first-order valence-electron chi connectivity index (χ1n) is 6.77. The van der Waals surface area contributed by atoms with E-state index in [0.717, 1.165) is 0 Å². The fourth-order valence-corrected chi connectivity index (χ4v) is 2.34. The third-order valence-corrected chi connectivity index (χ3v) is 3.45. The second-order valence-corrected chi connectivity index (χ2v) is 4.73. The molecule has 0 bridgehead atoms. The van der Waals surface area contributed by atoms with Crippen LogP contribution in [0.15, 0.2) is 23.1 Å². The highest BCUT2D eigenvalue weighted by atomic mass is 16.5. The van der Waals surface area contributed by atoms with Gasteiger partial charge in [-0.1, -0.05) is 0 Å². The minimum Gasteiger partial charge on any atom is -0.466 e. The molecule has 1 fully saturated rings. The first-order chi connectivity index (χ1) is 9.63. The lowest BCUT2D eigenvalue weighted by atomic mass is 9.96. The number of H-pyrrole nitrogens is 1. The van der Waals surface area contributed by atoms with Crippen LogP contribution < -0.4 is 5.56 Å². The number of amides is 1. The van der Waals surface area contributed by atoms with Gasteiger partial charge in [-0.3, -0.25) is 14.4 Å². The van der Waals surface area contributed by atoms with Crippen molar-refractivity contribution in [2.24, 2.45) is 5.92 Å². The molecule has 6 nitrogen and oxygen atoms in total. The van der Waals surface area contributed by atoms with Crippen molar-refractivity contribution in [3.8, 4) is 0 Å². The van der Waals surface area contributed by atoms with Crippen LogP contribution in [0.2, 0.25) is 0 Å². The third-order valence-electron chi connectivity index (χ3n) is 3.45. The standard InChI is InChI=1S/C14H18N2O4/c1-2-20-14(19)10-5-8-16(9-6-10)13(18)11-4-3-7-15-12(11)17/h3-4,7,10H,2,5-6,8-9H2,1H3,(H,15,17). The number of hydrogen-bond donors (Lipinski definition) is 1. The molecule has 6 heteroatoms. The van der Waals surface area contributed by atoms with E-state index in [1.165, 1.54) is 12.3 Å². The number of hydrogen-bond acceptors (Lipinski definition) is 4. The van der Waals surface area contributed by atoms with E-state index in [2.05, 4.69) is 4.98 Å². The molecule has 0 spiro atoms. The number of aromatic nitrogens is 1. The highest BCUT2D eigenvalue weighted by Crippen LogP contribution is 2.19. The van der Waals surface area contributed by atoms with Gasteiger partial charge < -0.3 is 14.6 Å². The predicted molar refractivity (Wildman–Crippen MR) is 72.3 cm³/mol. The summed E-state index contributed by atoms with van der Waals surface area (Å²) in [6, 6.07) is 3.14. The van der Waals surface area contributed by atoms with Crippen LogP contribution >= 0.6 is 0 Å². The van der Waals surface area contributed by atoms with Crippen molar-refractivity contribution in [3.05, 3.63) is 34.2 Å². The van der Waals surface area contributed by atoms with Crippen molar-refractivity contribution < 1.29 is 14.3 Å². The fourth-order valence-electron chi connectivity index (χ4n) is 2.34. The summed E-state index contributed by atoms with van der Waals surface area (Å²) in [5.74, 6) is -0.626. The van der Waals surface area contributed by atoms with Crippen molar-refractivity contribution in [1.29, 1.82) is 0 Å². The van der Waals surface area contributed by atoms with Gasteiger partial charge in [0.2, 0.25) is 0 Å². The number of esters is 1. The van der Waals surface area contributed by atoms with Gasteiger partial charge in [-0.15, -0.1) is 0 Å². The molecule has 2 rings (SSSR count). The van der Waals surface area contributed by atoms with Gasteiger partial charge in [-0.2, -0.15) is 0 Å². The van der Waals surface area contributed by atoms with Gasteiger partial charge >= 0.3 is 5.97 Å². The van der Waals surface area contributed by atoms with Crippen molar-refractivity contribution in [2.75, 3.05) is 19.7 Å². The van der Waals surface area contributed by atoms with Crippen molar-refractivity contribution in [1.82, 2.24) is 9.88 Å². The fraction of sp³-hybridized carbons (Fsp3) is 0.500. The summed E-state index contributed by atoms with van der Waals surface area (Å²) in [6.07, 6.45) is 2.65. The Morgan fingerprint density at radius 3 is 2.70 bits per heavy atom. The Balaban J connectivity index is 1.97. The second-order valence-electron chi connectivity index (χ2n) is 4.73. The summed E-state index contributed by atoms with van der Waals surface area (Å²) in [5, 5.41) is 0. The van der Waals surface area contributed by atoms with Crippen LogP contribution in [0.25, 0.3) is 0 Å². The van der Waals surface area contributed by atoms with Crippen LogP contribution in [0.5, 0.6) is 0 Å². The van der Waals surface area contributed by atoms with Crippen LogP contribution in [0.3, 0.4) is 0 Å². The molecule has 1 N–H and O–H groups in total. The van der Waals surface area contributed by atoms with Crippen molar-refractivity contribution in [3.63, 3.8) is 0 Å². The van der Waals surface area contributed by atoms with Crippen LogP contribution in [0.4, 0.5) is 0 Å². The molecule has 0 unspecified atom stereocenters. The molecule has 0 saturated carbocycles. The van der Waals surface area contributed by atoms with E-state index in [1.54, 1.807) is 17.9 Å². The van der Waals surface area contributed by atoms with E-state index in [1.807, 2.05) is 0 Å². The van der Waals surface area contributed by atoms with E-state index in [0.29, 0.717) is 32.5 Å². The predicted octanol–water partition coefficient (Wildman–Crippen LogP) is 0.790. The van der Waals surface area contributed by atoms with Gasteiger partial charge in [0.1, 0.15) is 5.56 Å². The average Bonchev–Trinajstić information content (AvgIpc) is 2.47. The van der Waals surface area contributed by atoms with Gasteiger partial charge in [0.05, 0.1) is 12.5 Å². The third kappa shape index (κ3) is 3.07. The number of piperidine rings is 1. The molecule has 1 aromatic heterocycles. The van der Waals surface area contributed by atoms with Gasteiger partial charge in [-0.05, 0) is 31.9 Å². The zero-order chi connectivity index (χ0) is 14.5. The lowest BCUT2D eigenvalue weighted by molar-refractivity contribution is -0.149. The van der Waals surface area contributed by atoms with E-state index < -0.39 is 0 Å². The van der Waals surface area contributed by atoms with Crippen LogP contribution in [0, 0.1) is 5.92 Å². The first kappa shape index (κ1) is 14.3. The topological polar surface area (TPSA) is 79.5 Å². The Bertz CT molecular complexity index is 544. The Morgan fingerprint density at radius 1 is 1.40 bits per heavy atom. The number of carbonyl (C=O) groups is 2. The molecule has 0 radical (unpaired) electrons.